The first kappa shape index (κ1) is 17.7. The molecule has 1 aromatic carbocycles. The van der Waals surface area contributed by atoms with Crippen molar-refractivity contribution in [2.75, 3.05) is 6.61 Å². The van der Waals surface area contributed by atoms with Crippen LogP contribution in [0.2, 0.25) is 0 Å². The molecule has 0 unspecified atom stereocenters. The molecule has 2 heterocycles. The number of hydrogen-bond donors (Lipinski definition) is 0. The number of thiophene rings is 1. The van der Waals surface area contributed by atoms with Crippen LogP contribution in [0.25, 0.3) is 10.1 Å². The number of fused-ring (bicyclic) bond motifs is 1. The van der Waals surface area contributed by atoms with Crippen LogP contribution in [0.5, 0.6) is 5.75 Å². The molecule has 0 spiro atoms. The number of ether oxygens (including phenoxy) is 2. The fraction of sp³-hybridized carbons (Fsp3) is 0.250. The van der Waals surface area contributed by atoms with Crippen molar-refractivity contribution in [2.45, 2.75) is 19.7 Å². The maximum Gasteiger partial charge on any atom is 0.434 e. The summed E-state index contributed by atoms with van der Waals surface area (Å²) in [6.45, 7) is 1.74. The normalized spacial score (nSPS) is 11.7. The molecule has 0 aliphatic rings. The maximum atomic E-state index is 12.6. The Labute approximate surface area is 148 Å². The highest BCUT2D eigenvalue weighted by Gasteiger charge is 2.33. The van der Waals surface area contributed by atoms with Crippen LogP contribution >= 0.6 is 22.7 Å². The van der Waals surface area contributed by atoms with Gasteiger partial charge in [0.1, 0.15) is 22.9 Å². The Hall–Kier alpha value is -2.13. The monoisotopic (exact) mass is 387 g/mol. The first-order chi connectivity index (χ1) is 11.9. The highest BCUT2D eigenvalue weighted by molar-refractivity contribution is 7.17. The molecule has 0 radical (unpaired) electrons. The third kappa shape index (κ3) is 3.77. The van der Waals surface area contributed by atoms with Crippen molar-refractivity contribution in [1.82, 2.24) is 4.98 Å². The second-order valence-electron chi connectivity index (χ2n) is 4.91. The average molecular weight is 387 g/mol. The fourth-order valence-corrected chi connectivity index (χ4v) is 3.68. The van der Waals surface area contributed by atoms with Crippen LogP contribution in [0, 0.1) is 0 Å². The van der Waals surface area contributed by atoms with Gasteiger partial charge in [-0.3, -0.25) is 0 Å². The number of esters is 1. The van der Waals surface area contributed by atoms with Gasteiger partial charge in [0.05, 0.1) is 6.61 Å². The standard InChI is InChI=1S/C16H12F3NO3S2/c1-2-22-15(21)10-3-4-11-9(5-6-24-11)14(10)23-7-13-20-12(8-25-13)16(17,18)19/h3-6,8H,2,7H2,1H3. The zero-order valence-corrected chi connectivity index (χ0v) is 14.6. The summed E-state index contributed by atoms with van der Waals surface area (Å²) >= 11 is 2.33. The van der Waals surface area contributed by atoms with Gasteiger partial charge in [0.2, 0.25) is 0 Å². The molecule has 3 rings (SSSR count). The topological polar surface area (TPSA) is 48.4 Å². The summed E-state index contributed by atoms with van der Waals surface area (Å²) in [7, 11) is 0. The average Bonchev–Trinajstić information content (AvgIpc) is 3.21. The van der Waals surface area contributed by atoms with Gasteiger partial charge < -0.3 is 9.47 Å². The van der Waals surface area contributed by atoms with E-state index in [0.717, 1.165) is 21.4 Å². The fourth-order valence-electron chi connectivity index (χ4n) is 2.18. The zero-order valence-electron chi connectivity index (χ0n) is 12.9. The lowest BCUT2D eigenvalue weighted by atomic mass is 10.1. The largest absolute Gasteiger partial charge is 0.485 e. The molecule has 0 atom stereocenters. The second-order valence-corrected chi connectivity index (χ2v) is 6.80. The van der Waals surface area contributed by atoms with E-state index in [-0.39, 0.29) is 23.8 Å². The van der Waals surface area contributed by atoms with Crippen molar-refractivity contribution in [1.29, 1.82) is 0 Å². The van der Waals surface area contributed by atoms with Crippen LogP contribution in [0.4, 0.5) is 13.2 Å². The van der Waals surface area contributed by atoms with Crippen LogP contribution in [0.15, 0.2) is 29.0 Å². The Morgan fingerprint density at radius 3 is 2.72 bits per heavy atom. The predicted octanol–water partition coefficient (Wildman–Crippen LogP) is 5.13. The molecule has 0 aliphatic carbocycles. The molecule has 4 nitrogen and oxygen atoms in total. The third-order valence-corrected chi connectivity index (χ3v) is 4.97. The summed E-state index contributed by atoms with van der Waals surface area (Å²) in [6.07, 6.45) is -4.49. The van der Waals surface area contributed by atoms with Crippen LogP contribution < -0.4 is 4.74 Å². The van der Waals surface area contributed by atoms with E-state index in [1.165, 1.54) is 11.3 Å². The van der Waals surface area contributed by atoms with Gasteiger partial charge in [-0.25, -0.2) is 9.78 Å². The van der Waals surface area contributed by atoms with Crippen LogP contribution in [0.1, 0.15) is 28.0 Å². The highest BCUT2D eigenvalue weighted by atomic mass is 32.1. The molecule has 0 saturated carbocycles. The number of halogens is 3. The van der Waals surface area contributed by atoms with Gasteiger partial charge >= 0.3 is 12.1 Å². The Morgan fingerprint density at radius 1 is 1.24 bits per heavy atom. The number of benzene rings is 1. The van der Waals surface area contributed by atoms with E-state index in [0.29, 0.717) is 11.1 Å². The highest BCUT2D eigenvalue weighted by Crippen LogP contribution is 2.35. The number of hydrogen-bond acceptors (Lipinski definition) is 6. The summed E-state index contributed by atoms with van der Waals surface area (Å²) in [6, 6.07) is 5.17. The minimum atomic E-state index is -4.49. The number of aromatic nitrogens is 1. The summed E-state index contributed by atoms with van der Waals surface area (Å²) in [4.78, 5) is 15.6. The molecule has 132 valence electrons. The van der Waals surface area contributed by atoms with Gasteiger partial charge in [-0.1, -0.05) is 0 Å². The van der Waals surface area contributed by atoms with E-state index in [1.807, 2.05) is 5.38 Å². The van der Waals surface area contributed by atoms with Gasteiger partial charge in [-0.15, -0.1) is 22.7 Å². The molecule has 0 aliphatic heterocycles. The van der Waals surface area contributed by atoms with Crippen molar-refractivity contribution < 1.29 is 27.4 Å². The van der Waals surface area contributed by atoms with Crippen LogP contribution in [-0.4, -0.2) is 17.6 Å². The Morgan fingerprint density at radius 2 is 2.04 bits per heavy atom. The van der Waals surface area contributed by atoms with Gasteiger partial charge in [0, 0.05) is 15.5 Å². The first-order valence-corrected chi connectivity index (χ1v) is 8.97. The van der Waals surface area contributed by atoms with Crippen LogP contribution in [-0.2, 0) is 17.5 Å². The maximum absolute atomic E-state index is 12.6. The Kier molecular flexibility index (Phi) is 4.96. The van der Waals surface area contributed by atoms with E-state index < -0.39 is 17.8 Å². The van der Waals surface area contributed by atoms with Gasteiger partial charge in [-0.2, -0.15) is 13.2 Å². The number of carbonyl (C=O) groups excluding carboxylic acids is 1. The molecule has 0 N–H and O–H groups in total. The molecule has 9 heteroatoms. The molecule has 25 heavy (non-hydrogen) atoms. The van der Waals surface area contributed by atoms with E-state index in [2.05, 4.69) is 4.98 Å². The van der Waals surface area contributed by atoms with Gasteiger partial charge in [0.15, 0.2) is 5.69 Å². The molecular weight excluding hydrogens is 375 g/mol. The van der Waals surface area contributed by atoms with Gasteiger partial charge in [0.25, 0.3) is 0 Å². The molecule has 3 aromatic rings. The van der Waals surface area contributed by atoms with Gasteiger partial charge in [-0.05, 0) is 30.5 Å². The molecule has 0 bridgehead atoms. The van der Waals surface area contributed by atoms with Crippen molar-refractivity contribution in [3.8, 4) is 5.75 Å². The molecular formula is C16H12F3NO3S2. The zero-order chi connectivity index (χ0) is 18.0. The minimum Gasteiger partial charge on any atom is -0.485 e. The lowest BCUT2D eigenvalue weighted by molar-refractivity contribution is -0.140. The molecule has 0 amide bonds. The quantitative estimate of drug-likeness (QED) is 0.570. The number of nitrogens with zero attached hydrogens (tertiary/aromatic N) is 1. The smallest absolute Gasteiger partial charge is 0.434 e. The van der Waals surface area contributed by atoms with Crippen molar-refractivity contribution >= 4 is 38.7 Å². The SMILES string of the molecule is CCOC(=O)c1ccc2sccc2c1OCc1nc(C(F)(F)F)cs1. The third-order valence-electron chi connectivity index (χ3n) is 3.26. The Balaban J connectivity index is 1.89. The second kappa shape index (κ2) is 7.01. The van der Waals surface area contributed by atoms with E-state index in [4.69, 9.17) is 9.47 Å². The first-order valence-electron chi connectivity index (χ1n) is 7.22. The summed E-state index contributed by atoms with van der Waals surface area (Å²) in [5.74, 6) is -0.248. The van der Waals surface area contributed by atoms with E-state index >= 15 is 0 Å². The number of carbonyl (C=O) groups is 1. The van der Waals surface area contributed by atoms with Crippen molar-refractivity contribution in [3.05, 3.63) is 45.2 Å². The summed E-state index contributed by atoms with van der Waals surface area (Å²) in [5.41, 5.74) is -0.712. The van der Waals surface area contributed by atoms with Crippen molar-refractivity contribution in [3.63, 3.8) is 0 Å². The summed E-state index contributed by atoms with van der Waals surface area (Å²) < 4.78 is 49.5. The van der Waals surface area contributed by atoms with E-state index in [9.17, 15) is 18.0 Å². The van der Waals surface area contributed by atoms with Crippen molar-refractivity contribution in [2.24, 2.45) is 0 Å². The minimum absolute atomic E-state index is 0.165. The number of thiazole rings is 1. The van der Waals surface area contributed by atoms with Crippen LogP contribution in [0.3, 0.4) is 0 Å². The van der Waals surface area contributed by atoms with E-state index in [1.54, 1.807) is 25.1 Å². The Bertz CT molecular complexity index is 902. The predicted molar refractivity (Wildman–Crippen MR) is 89.2 cm³/mol. The molecule has 0 saturated heterocycles. The number of alkyl halides is 3. The molecule has 2 aromatic heterocycles. The summed E-state index contributed by atoms with van der Waals surface area (Å²) in [5, 5.41) is 3.67. The number of rotatable bonds is 5. The lowest BCUT2D eigenvalue weighted by Gasteiger charge is -2.11. The lowest BCUT2D eigenvalue weighted by Crippen LogP contribution is -2.09. The molecule has 0 fully saturated rings.